The minimum atomic E-state index is 0.0466. The summed E-state index contributed by atoms with van der Waals surface area (Å²) in [6, 6.07) is 22.6. The van der Waals surface area contributed by atoms with E-state index >= 15 is 0 Å². The lowest BCUT2D eigenvalue weighted by molar-refractivity contribution is -0.126. The average molecular weight is 488 g/mol. The van der Waals surface area contributed by atoms with Gasteiger partial charge >= 0.3 is 0 Å². The molecule has 0 spiro atoms. The number of fused-ring (bicyclic) bond motifs is 1. The molecule has 1 amide bonds. The summed E-state index contributed by atoms with van der Waals surface area (Å²) in [6.45, 7) is 2.18. The highest BCUT2D eigenvalue weighted by Gasteiger charge is 2.24. The van der Waals surface area contributed by atoms with Crippen LogP contribution in [0.1, 0.15) is 35.4 Å². The van der Waals surface area contributed by atoms with Crippen LogP contribution >= 0.6 is 0 Å². The van der Waals surface area contributed by atoms with Crippen molar-refractivity contribution in [2.45, 2.75) is 25.3 Å². The number of nitrogens with one attached hydrogen (secondary N) is 1. The molecule has 0 bridgehead atoms. The van der Waals surface area contributed by atoms with Crippen molar-refractivity contribution in [1.82, 2.24) is 24.6 Å². The van der Waals surface area contributed by atoms with Crippen LogP contribution in [0.3, 0.4) is 0 Å². The SMILES string of the molecule is O=C(/C=C/c1cn(Cc2ccccc2)nc1-c1cccnc1)N1CCC(c2c[nH]c3ccccc23)CC1. The number of carbonyl (C=O) groups excluding carboxylic acids is 1. The third-order valence-electron chi connectivity index (χ3n) is 7.19. The van der Waals surface area contributed by atoms with Crippen LogP contribution in [0.5, 0.6) is 0 Å². The molecule has 4 heterocycles. The number of amides is 1. The van der Waals surface area contributed by atoms with Crippen molar-refractivity contribution in [1.29, 1.82) is 0 Å². The molecule has 1 saturated heterocycles. The first kappa shape index (κ1) is 23.0. The first-order chi connectivity index (χ1) is 18.2. The van der Waals surface area contributed by atoms with Crippen molar-refractivity contribution in [3.8, 4) is 11.3 Å². The smallest absolute Gasteiger partial charge is 0.246 e. The van der Waals surface area contributed by atoms with Gasteiger partial charge in [-0.1, -0.05) is 48.5 Å². The summed E-state index contributed by atoms with van der Waals surface area (Å²) in [6.07, 6.45) is 13.2. The van der Waals surface area contributed by atoms with Crippen LogP contribution in [-0.2, 0) is 11.3 Å². The Morgan fingerprint density at radius 2 is 1.81 bits per heavy atom. The van der Waals surface area contributed by atoms with Gasteiger partial charge in [0.2, 0.25) is 5.91 Å². The molecule has 0 radical (unpaired) electrons. The van der Waals surface area contributed by atoms with Gasteiger partial charge in [0, 0.05) is 66.0 Å². The number of H-pyrrole nitrogens is 1. The van der Waals surface area contributed by atoms with Crippen LogP contribution in [-0.4, -0.2) is 43.6 Å². The number of para-hydroxylation sites is 1. The van der Waals surface area contributed by atoms with Gasteiger partial charge in [-0.3, -0.25) is 14.5 Å². The maximum atomic E-state index is 13.1. The molecule has 37 heavy (non-hydrogen) atoms. The Bertz CT molecular complexity index is 1530. The van der Waals surface area contributed by atoms with E-state index in [1.165, 1.54) is 22.0 Å². The normalized spacial score (nSPS) is 14.5. The standard InChI is InChI=1S/C31H29N5O/c37-30(35-17-14-24(15-18-35)28-20-33-29-11-5-4-10-27(28)29)13-12-26-22-36(21-23-7-2-1-3-8-23)34-31(26)25-9-6-16-32-19-25/h1-13,16,19-20,22,24,33H,14-15,17-18,21H2/b13-12+. The lowest BCUT2D eigenvalue weighted by Gasteiger charge is -2.31. The predicted molar refractivity (Wildman–Crippen MR) is 147 cm³/mol. The van der Waals surface area contributed by atoms with Gasteiger partial charge in [0.15, 0.2) is 0 Å². The molecule has 6 rings (SSSR count). The van der Waals surface area contributed by atoms with Crippen LogP contribution in [0.25, 0.3) is 28.2 Å². The Morgan fingerprint density at radius 1 is 1.00 bits per heavy atom. The van der Waals surface area contributed by atoms with Crippen LogP contribution in [0.4, 0.5) is 0 Å². The zero-order valence-corrected chi connectivity index (χ0v) is 20.6. The van der Waals surface area contributed by atoms with Crippen LogP contribution in [0.2, 0.25) is 0 Å². The summed E-state index contributed by atoms with van der Waals surface area (Å²) < 4.78 is 1.93. The van der Waals surface area contributed by atoms with Crippen molar-refractivity contribution in [3.63, 3.8) is 0 Å². The number of pyridine rings is 1. The second-order valence-corrected chi connectivity index (χ2v) is 9.58. The minimum Gasteiger partial charge on any atom is -0.361 e. The lowest BCUT2D eigenvalue weighted by atomic mass is 9.89. The molecule has 1 N–H and O–H groups in total. The second kappa shape index (κ2) is 10.3. The molecule has 1 aliphatic heterocycles. The summed E-state index contributed by atoms with van der Waals surface area (Å²) in [5.74, 6) is 0.517. The van der Waals surface area contributed by atoms with E-state index in [0.29, 0.717) is 12.5 Å². The summed E-state index contributed by atoms with van der Waals surface area (Å²) in [7, 11) is 0. The number of benzene rings is 2. The zero-order valence-electron chi connectivity index (χ0n) is 20.6. The molecule has 0 aliphatic carbocycles. The molecule has 6 heteroatoms. The number of aromatic nitrogens is 4. The third kappa shape index (κ3) is 4.96. The Kier molecular flexibility index (Phi) is 6.38. The highest BCUT2D eigenvalue weighted by molar-refractivity contribution is 5.93. The van der Waals surface area contributed by atoms with E-state index in [4.69, 9.17) is 5.10 Å². The number of hydrogen-bond acceptors (Lipinski definition) is 3. The summed E-state index contributed by atoms with van der Waals surface area (Å²) in [4.78, 5) is 22.7. The van der Waals surface area contributed by atoms with E-state index in [2.05, 4.69) is 52.6 Å². The van der Waals surface area contributed by atoms with Crippen LogP contribution < -0.4 is 0 Å². The van der Waals surface area contributed by atoms with Crippen molar-refractivity contribution in [3.05, 3.63) is 114 Å². The molecule has 184 valence electrons. The minimum absolute atomic E-state index is 0.0466. The molecule has 2 aromatic carbocycles. The van der Waals surface area contributed by atoms with Crippen LogP contribution in [0.15, 0.2) is 97.6 Å². The first-order valence-corrected chi connectivity index (χ1v) is 12.8. The van der Waals surface area contributed by atoms with E-state index in [-0.39, 0.29) is 5.91 Å². The van der Waals surface area contributed by atoms with Gasteiger partial charge in [0.1, 0.15) is 5.69 Å². The van der Waals surface area contributed by atoms with E-state index in [0.717, 1.165) is 42.8 Å². The first-order valence-electron chi connectivity index (χ1n) is 12.8. The predicted octanol–water partition coefficient (Wildman–Crippen LogP) is 5.89. The number of piperidine rings is 1. The summed E-state index contributed by atoms with van der Waals surface area (Å²) in [5, 5.41) is 6.12. The van der Waals surface area contributed by atoms with Crippen LogP contribution in [0, 0.1) is 0 Å². The average Bonchev–Trinajstić information content (AvgIpc) is 3.57. The maximum absolute atomic E-state index is 13.1. The number of nitrogens with zero attached hydrogens (tertiary/aromatic N) is 4. The highest BCUT2D eigenvalue weighted by Crippen LogP contribution is 2.33. The monoisotopic (exact) mass is 487 g/mol. The van der Waals surface area contributed by atoms with E-state index in [1.54, 1.807) is 12.3 Å². The van der Waals surface area contributed by atoms with E-state index in [1.807, 2.05) is 58.4 Å². The molecule has 0 saturated carbocycles. The third-order valence-corrected chi connectivity index (χ3v) is 7.19. The van der Waals surface area contributed by atoms with Crippen molar-refractivity contribution < 1.29 is 4.79 Å². The molecule has 0 atom stereocenters. The number of carbonyl (C=O) groups is 1. The van der Waals surface area contributed by atoms with Gasteiger partial charge in [0.25, 0.3) is 0 Å². The van der Waals surface area contributed by atoms with Gasteiger partial charge in [-0.15, -0.1) is 0 Å². The largest absolute Gasteiger partial charge is 0.361 e. The van der Waals surface area contributed by atoms with Gasteiger partial charge in [-0.05, 0) is 54.2 Å². The second-order valence-electron chi connectivity index (χ2n) is 9.58. The fourth-order valence-electron chi connectivity index (χ4n) is 5.25. The van der Waals surface area contributed by atoms with Crippen molar-refractivity contribution >= 4 is 22.9 Å². The number of hydrogen-bond donors (Lipinski definition) is 1. The Hall–Kier alpha value is -4.45. The highest BCUT2D eigenvalue weighted by atomic mass is 16.2. The molecular formula is C31H29N5O. The van der Waals surface area contributed by atoms with E-state index < -0.39 is 0 Å². The molecule has 1 aliphatic rings. The van der Waals surface area contributed by atoms with Gasteiger partial charge < -0.3 is 9.88 Å². The van der Waals surface area contributed by atoms with E-state index in [9.17, 15) is 4.79 Å². The topological polar surface area (TPSA) is 66.8 Å². The lowest BCUT2D eigenvalue weighted by Crippen LogP contribution is -2.36. The van der Waals surface area contributed by atoms with Crippen molar-refractivity contribution in [2.75, 3.05) is 13.1 Å². The maximum Gasteiger partial charge on any atom is 0.246 e. The van der Waals surface area contributed by atoms with Crippen molar-refractivity contribution in [2.24, 2.45) is 0 Å². The number of likely N-dealkylation sites (tertiary alicyclic amines) is 1. The molecule has 1 fully saturated rings. The van der Waals surface area contributed by atoms with Gasteiger partial charge in [-0.25, -0.2) is 0 Å². The number of aromatic amines is 1. The van der Waals surface area contributed by atoms with Gasteiger partial charge in [0.05, 0.1) is 6.54 Å². The molecule has 3 aromatic heterocycles. The zero-order chi connectivity index (χ0) is 25.0. The summed E-state index contributed by atoms with van der Waals surface area (Å²) >= 11 is 0. The van der Waals surface area contributed by atoms with Gasteiger partial charge in [-0.2, -0.15) is 5.10 Å². The quantitative estimate of drug-likeness (QED) is 0.304. The Labute approximate surface area is 216 Å². The molecular weight excluding hydrogens is 458 g/mol. The fourth-order valence-corrected chi connectivity index (χ4v) is 5.25. The molecule has 6 nitrogen and oxygen atoms in total. The Morgan fingerprint density at radius 3 is 2.62 bits per heavy atom. The fraction of sp³-hybridized carbons (Fsp3) is 0.194. The number of rotatable bonds is 6. The molecule has 0 unspecified atom stereocenters. The summed E-state index contributed by atoms with van der Waals surface area (Å²) in [5.41, 5.74) is 6.38. The molecule has 5 aromatic rings. The Balaban J connectivity index is 1.17.